The predicted molar refractivity (Wildman–Crippen MR) is 135 cm³/mol. The molecule has 0 spiro atoms. The van der Waals surface area contributed by atoms with E-state index in [1.165, 1.54) is 4.31 Å². The summed E-state index contributed by atoms with van der Waals surface area (Å²) in [5.74, 6) is -0.279. The second-order valence-corrected chi connectivity index (χ2v) is 9.95. The topological polar surface area (TPSA) is 79.4 Å². The molecule has 0 saturated heterocycles. The molecule has 0 fully saturated rings. The number of aryl methyl sites for hydroxylation is 1. The van der Waals surface area contributed by atoms with Crippen LogP contribution in [0.15, 0.2) is 102 Å². The van der Waals surface area contributed by atoms with E-state index >= 15 is 0 Å². The van der Waals surface area contributed by atoms with Gasteiger partial charge in [0.2, 0.25) is 0 Å². The fourth-order valence-corrected chi connectivity index (χ4v) is 5.13. The molecular formula is C26H22ClN3O3S. The van der Waals surface area contributed by atoms with Crippen molar-refractivity contribution in [2.75, 3.05) is 9.62 Å². The van der Waals surface area contributed by atoms with Crippen LogP contribution in [0.3, 0.4) is 0 Å². The van der Waals surface area contributed by atoms with Gasteiger partial charge in [0.1, 0.15) is 0 Å². The van der Waals surface area contributed by atoms with Crippen molar-refractivity contribution < 1.29 is 13.2 Å². The third-order valence-electron chi connectivity index (χ3n) is 5.23. The molecule has 0 aliphatic carbocycles. The van der Waals surface area contributed by atoms with Crippen LogP contribution in [0.25, 0.3) is 0 Å². The summed E-state index contributed by atoms with van der Waals surface area (Å²) in [6, 6.07) is 23.7. The lowest BCUT2D eigenvalue weighted by molar-refractivity contribution is 0.102. The molecular weight excluding hydrogens is 470 g/mol. The zero-order valence-electron chi connectivity index (χ0n) is 18.4. The minimum Gasteiger partial charge on any atom is -0.321 e. The van der Waals surface area contributed by atoms with Crippen molar-refractivity contribution in [3.8, 4) is 0 Å². The largest absolute Gasteiger partial charge is 0.321 e. The number of amides is 1. The van der Waals surface area contributed by atoms with Gasteiger partial charge in [-0.25, -0.2) is 8.42 Å². The molecule has 4 rings (SSSR count). The number of anilines is 2. The highest BCUT2D eigenvalue weighted by atomic mass is 35.5. The van der Waals surface area contributed by atoms with Crippen molar-refractivity contribution in [3.63, 3.8) is 0 Å². The molecule has 0 bridgehead atoms. The minimum atomic E-state index is -3.87. The summed E-state index contributed by atoms with van der Waals surface area (Å²) in [5, 5.41) is 3.22. The number of halogens is 1. The highest BCUT2D eigenvalue weighted by Crippen LogP contribution is 2.31. The zero-order chi connectivity index (χ0) is 24.1. The Morgan fingerprint density at radius 1 is 0.971 bits per heavy atom. The van der Waals surface area contributed by atoms with Crippen molar-refractivity contribution in [1.82, 2.24) is 4.98 Å². The summed E-state index contributed by atoms with van der Waals surface area (Å²) in [4.78, 5) is 16.7. The predicted octanol–water partition coefficient (Wildman–Crippen LogP) is 5.69. The van der Waals surface area contributed by atoms with E-state index in [0.717, 1.165) is 11.1 Å². The van der Waals surface area contributed by atoms with Crippen molar-refractivity contribution in [2.24, 2.45) is 0 Å². The fourth-order valence-electron chi connectivity index (χ4n) is 3.44. The van der Waals surface area contributed by atoms with E-state index in [4.69, 9.17) is 11.6 Å². The molecule has 1 aromatic heterocycles. The molecule has 0 radical (unpaired) electrons. The van der Waals surface area contributed by atoms with Crippen LogP contribution in [0.5, 0.6) is 0 Å². The van der Waals surface area contributed by atoms with Crippen molar-refractivity contribution in [1.29, 1.82) is 0 Å². The lowest BCUT2D eigenvalue weighted by atomic mass is 10.1. The molecule has 1 N–H and O–H groups in total. The number of carbonyl (C=O) groups excluding carboxylic acids is 1. The van der Waals surface area contributed by atoms with Crippen LogP contribution in [0.1, 0.15) is 21.5 Å². The highest BCUT2D eigenvalue weighted by molar-refractivity contribution is 7.92. The first kappa shape index (κ1) is 23.5. The van der Waals surface area contributed by atoms with Gasteiger partial charge in [0.15, 0.2) is 0 Å². The Bertz CT molecular complexity index is 1390. The summed E-state index contributed by atoms with van der Waals surface area (Å²) < 4.78 is 28.5. The lowest BCUT2D eigenvalue weighted by Crippen LogP contribution is -2.31. The molecule has 0 unspecified atom stereocenters. The number of aromatic nitrogens is 1. The molecule has 0 saturated carbocycles. The number of hydrogen-bond acceptors (Lipinski definition) is 4. The number of sulfonamides is 1. The first-order chi connectivity index (χ1) is 16.3. The Hall–Kier alpha value is -3.68. The first-order valence-electron chi connectivity index (χ1n) is 10.5. The maximum atomic E-state index is 13.6. The fraction of sp³-hybridized carbons (Fsp3) is 0.0769. The molecule has 6 nitrogen and oxygen atoms in total. The molecule has 34 heavy (non-hydrogen) atoms. The number of pyridine rings is 1. The number of rotatable bonds is 7. The van der Waals surface area contributed by atoms with E-state index in [1.54, 1.807) is 97.3 Å². The van der Waals surface area contributed by atoms with E-state index in [1.807, 2.05) is 6.92 Å². The van der Waals surface area contributed by atoms with Gasteiger partial charge < -0.3 is 5.32 Å². The number of nitrogens with one attached hydrogen (secondary N) is 1. The van der Waals surface area contributed by atoms with E-state index in [-0.39, 0.29) is 17.3 Å². The number of nitrogens with zero attached hydrogens (tertiary/aromatic N) is 2. The van der Waals surface area contributed by atoms with Gasteiger partial charge in [0.25, 0.3) is 15.9 Å². The zero-order valence-corrected chi connectivity index (χ0v) is 19.9. The number of benzene rings is 3. The van der Waals surface area contributed by atoms with E-state index in [9.17, 15) is 13.2 Å². The summed E-state index contributed by atoms with van der Waals surface area (Å²) in [6.07, 6.45) is 3.19. The van der Waals surface area contributed by atoms with E-state index in [2.05, 4.69) is 10.3 Å². The second-order valence-electron chi connectivity index (χ2n) is 7.65. The monoisotopic (exact) mass is 491 g/mol. The van der Waals surface area contributed by atoms with E-state index < -0.39 is 10.0 Å². The van der Waals surface area contributed by atoms with Gasteiger partial charge in [-0.05, 0) is 66.6 Å². The Kier molecular flexibility index (Phi) is 6.95. The summed E-state index contributed by atoms with van der Waals surface area (Å²) in [6.45, 7) is 1.91. The van der Waals surface area contributed by atoms with Crippen molar-refractivity contribution in [3.05, 3.63) is 119 Å². The third-order valence-corrected chi connectivity index (χ3v) is 7.24. The average Bonchev–Trinajstić information content (AvgIpc) is 2.85. The molecule has 0 aliphatic rings. The van der Waals surface area contributed by atoms with Crippen LogP contribution in [0, 0.1) is 6.92 Å². The summed E-state index contributed by atoms with van der Waals surface area (Å²) in [5.41, 5.74) is 3.03. The molecule has 0 atom stereocenters. The van der Waals surface area contributed by atoms with Crippen molar-refractivity contribution >= 4 is 38.9 Å². The standard InChI is InChI=1S/C26H22ClN3O3S/c1-19-9-14-22(27)16-25(19)30(34(32,33)24-7-3-2-4-8-24)18-20-10-12-21(13-11-20)26(31)29-23-6-5-15-28-17-23/h2-17H,18H2,1H3,(H,29,31). The SMILES string of the molecule is Cc1ccc(Cl)cc1N(Cc1ccc(C(=O)Nc2cccnc2)cc1)S(=O)(=O)c1ccccc1. The molecule has 172 valence electrons. The van der Waals surface area contributed by atoms with Gasteiger partial charge in [-0.2, -0.15) is 0 Å². The second kappa shape index (κ2) is 10.1. The van der Waals surface area contributed by atoms with Gasteiger partial charge in [-0.1, -0.05) is 48.0 Å². The van der Waals surface area contributed by atoms with Crippen LogP contribution in [-0.4, -0.2) is 19.3 Å². The highest BCUT2D eigenvalue weighted by Gasteiger charge is 2.26. The molecule has 8 heteroatoms. The lowest BCUT2D eigenvalue weighted by Gasteiger charge is -2.26. The van der Waals surface area contributed by atoms with Crippen LogP contribution in [-0.2, 0) is 16.6 Å². The third kappa shape index (κ3) is 5.27. The van der Waals surface area contributed by atoms with Gasteiger partial charge >= 0.3 is 0 Å². The van der Waals surface area contributed by atoms with Crippen LogP contribution < -0.4 is 9.62 Å². The Balaban J connectivity index is 1.64. The molecule has 1 amide bonds. The van der Waals surface area contributed by atoms with Gasteiger partial charge in [-0.15, -0.1) is 0 Å². The maximum absolute atomic E-state index is 13.6. The van der Waals surface area contributed by atoms with Crippen LogP contribution in [0.2, 0.25) is 5.02 Å². The quantitative estimate of drug-likeness (QED) is 0.360. The Morgan fingerprint density at radius 2 is 1.71 bits per heavy atom. The first-order valence-corrected chi connectivity index (χ1v) is 12.3. The summed E-state index contributed by atoms with van der Waals surface area (Å²) >= 11 is 6.21. The molecule has 4 aromatic rings. The van der Waals surface area contributed by atoms with Gasteiger partial charge in [-0.3, -0.25) is 14.1 Å². The maximum Gasteiger partial charge on any atom is 0.264 e. The molecule has 3 aromatic carbocycles. The Morgan fingerprint density at radius 3 is 2.38 bits per heavy atom. The van der Waals surface area contributed by atoms with Gasteiger partial charge in [0.05, 0.1) is 29.0 Å². The smallest absolute Gasteiger partial charge is 0.264 e. The Labute approximate surface area is 203 Å². The molecule has 0 aliphatic heterocycles. The number of hydrogen-bond donors (Lipinski definition) is 1. The van der Waals surface area contributed by atoms with Crippen LogP contribution >= 0.6 is 11.6 Å². The normalized spacial score (nSPS) is 11.1. The van der Waals surface area contributed by atoms with E-state index in [0.29, 0.717) is 22.0 Å². The van der Waals surface area contributed by atoms with Gasteiger partial charge in [0, 0.05) is 16.8 Å². The molecule has 1 heterocycles. The minimum absolute atomic E-state index is 0.0723. The summed E-state index contributed by atoms with van der Waals surface area (Å²) in [7, 11) is -3.87. The van der Waals surface area contributed by atoms with Crippen LogP contribution in [0.4, 0.5) is 11.4 Å². The average molecular weight is 492 g/mol. The van der Waals surface area contributed by atoms with Crippen molar-refractivity contribution in [2.45, 2.75) is 18.4 Å². The number of carbonyl (C=O) groups is 1.